The van der Waals surface area contributed by atoms with Crippen molar-refractivity contribution >= 4 is 0 Å². The van der Waals surface area contributed by atoms with Gasteiger partial charge in [-0.2, -0.15) is 0 Å². The number of aromatic hydroxyl groups is 1. The number of phenols is 1. The van der Waals surface area contributed by atoms with Crippen LogP contribution in [0.3, 0.4) is 0 Å². The molecule has 1 N–H and O–H groups in total. The van der Waals surface area contributed by atoms with Gasteiger partial charge in [0, 0.05) is 0 Å². The number of hydrogen-bond acceptors (Lipinski definition) is 2. The van der Waals surface area contributed by atoms with Gasteiger partial charge in [0.1, 0.15) is 11.9 Å². The highest BCUT2D eigenvalue weighted by molar-refractivity contribution is 5.47. The zero-order valence-corrected chi connectivity index (χ0v) is 12.9. The van der Waals surface area contributed by atoms with Crippen molar-refractivity contribution < 1.29 is 9.84 Å². The van der Waals surface area contributed by atoms with E-state index >= 15 is 0 Å². The van der Waals surface area contributed by atoms with Gasteiger partial charge < -0.3 is 9.84 Å². The number of phenolic OH excluding ortho intramolecular Hbond substituents is 1. The first-order valence-corrected chi connectivity index (χ1v) is 7.60. The van der Waals surface area contributed by atoms with Crippen molar-refractivity contribution in [3.63, 3.8) is 0 Å². The third-order valence-corrected chi connectivity index (χ3v) is 4.31. The van der Waals surface area contributed by atoms with Crippen molar-refractivity contribution in [2.24, 2.45) is 0 Å². The largest absolute Gasteiger partial charge is 0.508 e. The van der Waals surface area contributed by atoms with Gasteiger partial charge in [-0.3, -0.25) is 0 Å². The van der Waals surface area contributed by atoms with Crippen LogP contribution in [0.25, 0.3) is 0 Å². The summed E-state index contributed by atoms with van der Waals surface area (Å²) in [5.74, 6) is 0.679. The smallest absolute Gasteiger partial charge is 0.119 e. The van der Waals surface area contributed by atoms with Crippen LogP contribution < -0.4 is 0 Å². The van der Waals surface area contributed by atoms with Crippen LogP contribution in [-0.2, 0) is 11.2 Å². The maximum Gasteiger partial charge on any atom is 0.119 e. The van der Waals surface area contributed by atoms with Crippen molar-refractivity contribution in [2.75, 3.05) is 6.61 Å². The second kappa shape index (κ2) is 5.53. The summed E-state index contributed by atoms with van der Waals surface area (Å²) in [6.07, 6.45) is 0.953. The maximum absolute atomic E-state index is 10.1. The monoisotopic (exact) mass is 282 g/mol. The molecule has 0 bridgehead atoms. The van der Waals surface area contributed by atoms with Crippen molar-refractivity contribution in [1.82, 2.24) is 0 Å². The lowest BCUT2D eigenvalue weighted by molar-refractivity contribution is 0.0693. The molecule has 0 unspecified atom stereocenters. The Labute approximate surface area is 126 Å². The van der Waals surface area contributed by atoms with E-state index in [2.05, 4.69) is 44.2 Å². The summed E-state index contributed by atoms with van der Waals surface area (Å²) in [5.41, 5.74) is 5.86. The van der Waals surface area contributed by atoms with E-state index in [1.54, 1.807) is 0 Å². The fourth-order valence-corrected chi connectivity index (χ4v) is 3.12. The molecule has 2 nitrogen and oxygen atoms in total. The van der Waals surface area contributed by atoms with Gasteiger partial charge in [-0.25, -0.2) is 0 Å². The molecule has 0 aliphatic carbocycles. The molecule has 1 aliphatic heterocycles. The molecule has 1 aliphatic rings. The summed E-state index contributed by atoms with van der Waals surface area (Å²) in [6.45, 7) is 6.99. The quantitative estimate of drug-likeness (QED) is 0.879. The highest BCUT2D eigenvalue weighted by atomic mass is 16.5. The van der Waals surface area contributed by atoms with Gasteiger partial charge in [-0.15, -0.1) is 0 Å². The van der Waals surface area contributed by atoms with Crippen molar-refractivity contribution in [3.05, 3.63) is 64.2 Å². The minimum absolute atomic E-state index is 0.0203. The Morgan fingerprint density at radius 1 is 1.14 bits per heavy atom. The lowest BCUT2D eigenvalue weighted by atomic mass is 9.88. The van der Waals surface area contributed by atoms with Gasteiger partial charge in [0.25, 0.3) is 0 Å². The highest BCUT2D eigenvalue weighted by Gasteiger charge is 2.24. The van der Waals surface area contributed by atoms with Crippen LogP contribution in [0.4, 0.5) is 0 Å². The highest BCUT2D eigenvalue weighted by Crippen LogP contribution is 2.38. The molecule has 0 saturated heterocycles. The minimum Gasteiger partial charge on any atom is -0.508 e. The normalized spacial score (nSPS) is 17.8. The topological polar surface area (TPSA) is 29.5 Å². The summed E-state index contributed by atoms with van der Waals surface area (Å²) < 4.78 is 6.06. The fourth-order valence-electron chi connectivity index (χ4n) is 3.12. The Balaban J connectivity index is 2.11. The first-order chi connectivity index (χ1) is 10.1. The third-order valence-electron chi connectivity index (χ3n) is 4.31. The first-order valence-electron chi connectivity index (χ1n) is 7.60. The molecule has 0 saturated carbocycles. The molecule has 0 radical (unpaired) electrons. The van der Waals surface area contributed by atoms with Crippen LogP contribution in [0.2, 0.25) is 0 Å². The molecule has 0 amide bonds. The Morgan fingerprint density at radius 2 is 1.90 bits per heavy atom. The van der Waals surface area contributed by atoms with Crippen LogP contribution in [0.5, 0.6) is 5.75 Å². The van der Waals surface area contributed by atoms with Gasteiger partial charge >= 0.3 is 0 Å². The fraction of sp³-hybridized carbons (Fsp3) is 0.368. The number of benzene rings is 2. The predicted octanol–water partition coefficient (Wildman–Crippen LogP) is 4.49. The SMILES string of the molecule is Cc1cc(O)c(C(C)C)cc1[C@@H]1OCCc2ccccc21. The molecule has 2 aromatic rings. The van der Waals surface area contributed by atoms with Crippen molar-refractivity contribution in [1.29, 1.82) is 0 Å². The summed E-state index contributed by atoms with van der Waals surface area (Å²) >= 11 is 0. The minimum atomic E-state index is -0.0203. The van der Waals surface area contributed by atoms with Gasteiger partial charge in [0.15, 0.2) is 0 Å². The maximum atomic E-state index is 10.1. The average Bonchev–Trinajstić information content (AvgIpc) is 2.46. The summed E-state index contributed by atoms with van der Waals surface area (Å²) in [5, 5.41) is 10.1. The summed E-state index contributed by atoms with van der Waals surface area (Å²) in [7, 11) is 0. The number of fused-ring (bicyclic) bond motifs is 1. The predicted molar refractivity (Wildman–Crippen MR) is 84.9 cm³/mol. The Hall–Kier alpha value is -1.80. The summed E-state index contributed by atoms with van der Waals surface area (Å²) in [4.78, 5) is 0. The molecule has 0 aromatic heterocycles. The van der Waals surface area contributed by atoms with Gasteiger partial charge in [0.2, 0.25) is 0 Å². The molecular formula is C19H22O2. The molecule has 2 heteroatoms. The molecular weight excluding hydrogens is 260 g/mol. The molecule has 110 valence electrons. The van der Waals surface area contributed by atoms with Crippen LogP contribution in [0, 0.1) is 6.92 Å². The van der Waals surface area contributed by atoms with E-state index in [-0.39, 0.29) is 6.10 Å². The number of ether oxygens (including phenoxy) is 1. The van der Waals surface area contributed by atoms with E-state index in [0.29, 0.717) is 11.7 Å². The van der Waals surface area contributed by atoms with E-state index in [1.165, 1.54) is 16.7 Å². The standard InChI is InChI=1S/C19H22O2/c1-12(2)16-11-17(13(3)10-18(16)20)19-15-7-5-4-6-14(15)8-9-21-19/h4-7,10-12,19-20H,8-9H2,1-3H3/t19-/m1/s1. The molecule has 2 aromatic carbocycles. The van der Waals surface area contributed by atoms with E-state index in [0.717, 1.165) is 24.2 Å². The van der Waals surface area contributed by atoms with E-state index in [4.69, 9.17) is 4.74 Å². The number of hydrogen-bond donors (Lipinski definition) is 1. The molecule has 0 spiro atoms. The zero-order valence-electron chi connectivity index (χ0n) is 12.9. The lowest BCUT2D eigenvalue weighted by Gasteiger charge is -2.28. The molecule has 3 rings (SSSR count). The molecule has 1 heterocycles. The van der Waals surface area contributed by atoms with Gasteiger partial charge in [0.05, 0.1) is 6.61 Å². The van der Waals surface area contributed by atoms with E-state index in [1.807, 2.05) is 13.0 Å². The summed E-state index contributed by atoms with van der Waals surface area (Å²) in [6, 6.07) is 12.5. The van der Waals surface area contributed by atoms with Crippen LogP contribution in [0.1, 0.15) is 53.7 Å². The van der Waals surface area contributed by atoms with Crippen molar-refractivity contribution in [3.8, 4) is 5.75 Å². The Morgan fingerprint density at radius 3 is 2.67 bits per heavy atom. The Kier molecular flexibility index (Phi) is 3.73. The van der Waals surface area contributed by atoms with Crippen molar-refractivity contribution in [2.45, 2.75) is 39.2 Å². The van der Waals surface area contributed by atoms with Gasteiger partial charge in [-0.1, -0.05) is 38.1 Å². The molecule has 21 heavy (non-hydrogen) atoms. The molecule has 0 fully saturated rings. The van der Waals surface area contributed by atoms with Gasteiger partial charge in [-0.05, 0) is 59.2 Å². The van der Waals surface area contributed by atoms with Crippen LogP contribution in [-0.4, -0.2) is 11.7 Å². The van der Waals surface area contributed by atoms with Crippen LogP contribution >= 0.6 is 0 Å². The lowest BCUT2D eigenvalue weighted by Crippen LogP contribution is -2.18. The van der Waals surface area contributed by atoms with Crippen LogP contribution in [0.15, 0.2) is 36.4 Å². The third kappa shape index (κ3) is 2.56. The number of rotatable bonds is 2. The zero-order chi connectivity index (χ0) is 15.0. The average molecular weight is 282 g/mol. The second-order valence-corrected chi connectivity index (χ2v) is 6.12. The number of aryl methyl sites for hydroxylation is 1. The van der Waals surface area contributed by atoms with E-state index < -0.39 is 0 Å². The van der Waals surface area contributed by atoms with E-state index in [9.17, 15) is 5.11 Å². The first kappa shape index (κ1) is 14.2. The Bertz CT molecular complexity index is 659. The molecule has 1 atom stereocenters. The second-order valence-electron chi connectivity index (χ2n) is 6.12.